The van der Waals surface area contributed by atoms with E-state index in [1.165, 1.54) is 0 Å². The summed E-state index contributed by atoms with van der Waals surface area (Å²) in [5.41, 5.74) is 16.7. The van der Waals surface area contributed by atoms with Crippen molar-refractivity contribution in [2.45, 2.75) is 109 Å². The fourth-order valence-corrected chi connectivity index (χ4v) is 7.99. The SMILES string of the molecule is CC(C)CCOC(C)CCC(=O)NCc1cccc(CS(=O)(=O)N[C@H](CCCc2ccccc2)C(=O)N[C@@H](Cc2cccc(CN)c2)C(=O)NCc2ccc(C(=N)N)cc2)c1. The number of rotatable bonds is 26. The number of amidine groups is 1. The third-order valence-corrected chi connectivity index (χ3v) is 11.5. The first-order valence-electron chi connectivity index (χ1n) is 21.0. The van der Waals surface area contributed by atoms with Crippen molar-refractivity contribution < 1.29 is 27.5 Å². The van der Waals surface area contributed by atoms with Crippen molar-refractivity contribution in [3.8, 4) is 0 Å². The predicted octanol–water partition coefficient (Wildman–Crippen LogP) is 5.13. The summed E-state index contributed by atoms with van der Waals surface area (Å²) in [5.74, 6) is -1.13. The van der Waals surface area contributed by atoms with Gasteiger partial charge in [0.15, 0.2) is 0 Å². The van der Waals surface area contributed by atoms with Crippen LogP contribution in [0.1, 0.15) is 91.8 Å². The molecule has 9 N–H and O–H groups in total. The molecule has 0 aliphatic heterocycles. The molecule has 0 fully saturated rings. The summed E-state index contributed by atoms with van der Waals surface area (Å²) in [6.07, 6.45) is 3.25. The van der Waals surface area contributed by atoms with Crippen LogP contribution in [0, 0.1) is 11.3 Å². The molecule has 0 bridgehead atoms. The van der Waals surface area contributed by atoms with Crippen molar-refractivity contribution in [1.29, 1.82) is 5.41 Å². The Balaban J connectivity index is 1.45. The van der Waals surface area contributed by atoms with E-state index in [0.29, 0.717) is 55.9 Å². The highest BCUT2D eigenvalue weighted by atomic mass is 32.2. The zero-order chi connectivity index (χ0) is 44.2. The van der Waals surface area contributed by atoms with Gasteiger partial charge in [0.2, 0.25) is 27.7 Å². The zero-order valence-electron chi connectivity index (χ0n) is 35.6. The molecule has 0 saturated carbocycles. The number of benzene rings is 4. The number of ether oxygens (including phenoxy) is 1. The molecule has 0 heterocycles. The molecule has 1 unspecified atom stereocenters. The number of hydrogen-bond acceptors (Lipinski definition) is 8. The van der Waals surface area contributed by atoms with Crippen LogP contribution in [0.15, 0.2) is 103 Å². The molecule has 0 aliphatic carbocycles. The predicted molar refractivity (Wildman–Crippen MR) is 241 cm³/mol. The Morgan fingerprint density at radius 2 is 1.34 bits per heavy atom. The lowest BCUT2D eigenvalue weighted by Gasteiger charge is -2.24. The van der Waals surface area contributed by atoms with Gasteiger partial charge in [0, 0.05) is 44.6 Å². The monoisotopic (exact) mass is 853 g/mol. The molecule has 14 heteroatoms. The fourth-order valence-electron chi connectivity index (χ4n) is 6.63. The maximum absolute atomic E-state index is 14.2. The average Bonchev–Trinajstić information content (AvgIpc) is 3.23. The third kappa shape index (κ3) is 18.0. The third-order valence-electron chi connectivity index (χ3n) is 10.2. The summed E-state index contributed by atoms with van der Waals surface area (Å²) in [6.45, 7) is 7.57. The molecular weight excluding hydrogens is 791 g/mol. The largest absolute Gasteiger partial charge is 0.384 e. The van der Waals surface area contributed by atoms with Gasteiger partial charge in [-0.2, -0.15) is 0 Å². The van der Waals surface area contributed by atoms with Crippen LogP contribution >= 0.6 is 0 Å². The number of carbonyl (C=O) groups excluding carboxylic acids is 3. The topological polar surface area (TPSA) is 219 Å². The maximum Gasteiger partial charge on any atom is 0.243 e. The van der Waals surface area contributed by atoms with E-state index in [0.717, 1.165) is 34.2 Å². The molecule has 13 nitrogen and oxygen atoms in total. The molecule has 0 spiro atoms. The number of nitrogens with one attached hydrogen (secondary N) is 5. The molecule has 3 amide bonds. The number of nitrogen functional groups attached to an aromatic ring is 1. The van der Waals surface area contributed by atoms with Crippen LogP contribution in [0.25, 0.3) is 0 Å². The standard InChI is InChI=1S/C47H63N7O6S/c1-33(2)24-25-60-34(3)18-23-44(55)51-31-39-15-8-16-40(27-39)32-61(58,59)54-42(17-9-12-35-10-5-4-6-11-35)47(57)53-43(28-37-13-7-14-38(26-37)29-48)46(56)52-30-36-19-21-41(22-20-36)45(49)50/h4-8,10-11,13-16,19-22,26-27,33-34,42-43,54H,9,12,17-18,23-25,28-32,48H2,1-3H3,(H3,49,50)(H,51,55)(H,52,56)(H,53,57)/t34?,42-,43+/m1/s1. The van der Waals surface area contributed by atoms with E-state index in [-0.39, 0.29) is 43.8 Å². The summed E-state index contributed by atoms with van der Waals surface area (Å²) in [6, 6.07) is 28.8. The zero-order valence-corrected chi connectivity index (χ0v) is 36.4. The molecule has 61 heavy (non-hydrogen) atoms. The van der Waals surface area contributed by atoms with E-state index in [4.69, 9.17) is 21.6 Å². The second kappa shape index (κ2) is 24.7. The molecule has 0 aliphatic rings. The number of sulfonamides is 1. The van der Waals surface area contributed by atoms with Crippen molar-refractivity contribution >= 4 is 33.6 Å². The summed E-state index contributed by atoms with van der Waals surface area (Å²) in [4.78, 5) is 40.6. The van der Waals surface area contributed by atoms with Gasteiger partial charge in [0.1, 0.15) is 17.9 Å². The Labute approximate surface area is 361 Å². The lowest BCUT2D eigenvalue weighted by atomic mass is 10.0. The Morgan fingerprint density at radius 3 is 2.03 bits per heavy atom. The van der Waals surface area contributed by atoms with Gasteiger partial charge in [-0.15, -0.1) is 0 Å². The van der Waals surface area contributed by atoms with Gasteiger partial charge in [0.05, 0.1) is 11.9 Å². The maximum atomic E-state index is 14.2. The van der Waals surface area contributed by atoms with Crippen LogP contribution in [0.4, 0.5) is 0 Å². The highest BCUT2D eigenvalue weighted by Crippen LogP contribution is 2.15. The molecule has 4 aromatic carbocycles. The molecule has 328 valence electrons. The van der Waals surface area contributed by atoms with Crippen LogP contribution < -0.4 is 32.1 Å². The van der Waals surface area contributed by atoms with Gasteiger partial charge in [-0.1, -0.05) is 117 Å². The smallest absolute Gasteiger partial charge is 0.243 e. The van der Waals surface area contributed by atoms with E-state index >= 15 is 0 Å². The van der Waals surface area contributed by atoms with E-state index < -0.39 is 39.7 Å². The first-order chi connectivity index (χ1) is 29.2. The molecular formula is C47H63N7O6S. The second-order valence-corrected chi connectivity index (χ2v) is 17.7. The van der Waals surface area contributed by atoms with Gasteiger partial charge >= 0.3 is 0 Å². The quantitative estimate of drug-likeness (QED) is 0.0331. The van der Waals surface area contributed by atoms with Gasteiger partial charge in [-0.05, 0) is 78.3 Å². The van der Waals surface area contributed by atoms with Gasteiger partial charge in [-0.3, -0.25) is 19.8 Å². The minimum Gasteiger partial charge on any atom is -0.384 e. The molecule has 0 aromatic heterocycles. The highest BCUT2D eigenvalue weighted by Gasteiger charge is 2.29. The molecule has 3 atom stereocenters. The minimum absolute atomic E-state index is 0.0324. The van der Waals surface area contributed by atoms with Gasteiger partial charge < -0.3 is 32.2 Å². The molecule has 4 rings (SSSR count). The molecule has 4 aromatic rings. The summed E-state index contributed by atoms with van der Waals surface area (Å²) >= 11 is 0. The Hall–Kier alpha value is -5.41. The number of aryl methyl sites for hydroxylation is 1. The Bertz CT molecular complexity index is 2130. The van der Waals surface area contributed by atoms with E-state index in [9.17, 15) is 22.8 Å². The number of nitrogens with two attached hydrogens (primary N) is 2. The van der Waals surface area contributed by atoms with Crippen molar-refractivity contribution in [3.63, 3.8) is 0 Å². The lowest BCUT2D eigenvalue weighted by molar-refractivity contribution is -0.130. The van der Waals surface area contributed by atoms with Gasteiger partial charge in [0.25, 0.3) is 0 Å². The van der Waals surface area contributed by atoms with Crippen LogP contribution in [-0.2, 0) is 67.4 Å². The Kier molecular flexibility index (Phi) is 19.6. The van der Waals surface area contributed by atoms with Crippen LogP contribution in [0.5, 0.6) is 0 Å². The summed E-state index contributed by atoms with van der Waals surface area (Å²) < 4.78 is 36.1. The lowest BCUT2D eigenvalue weighted by Crippen LogP contribution is -2.54. The van der Waals surface area contributed by atoms with E-state index in [1.807, 2.05) is 67.6 Å². The number of carbonyl (C=O) groups is 3. The first kappa shape index (κ1) is 48.3. The second-order valence-electron chi connectivity index (χ2n) is 15.9. The molecule has 0 saturated heterocycles. The molecule has 0 radical (unpaired) electrons. The Morgan fingerprint density at radius 1 is 0.705 bits per heavy atom. The normalized spacial score (nSPS) is 12.9. The number of hydrogen-bond donors (Lipinski definition) is 7. The van der Waals surface area contributed by atoms with Crippen molar-refractivity contribution in [2.24, 2.45) is 17.4 Å². The fraction of sp³-hybridized carbons (Fsp3) is 0.404. The van der Waals surface area contributed by atoms with Crippen LogP contribution in [0.3, 0.4) is 0 Å². The average molecular weight is 854 g/mol. The van der Waals surface area contributed by atoms with Crippen LogP contribution in [-0.4, -0.2) is 56.8 Å². The summed E-state index contributed by atoms with van der Waals surface area (Å²) in [5, 5.41) is 16.3. The minimum atomic E-state index is -4.08. The van der Waals surface area contributed by atoms with Gasteiger partial charge in [-0.25, -0.2) is 13.1 Å². The highest BCUT2D eigenvalue weighted by molar-refractivity contribution is 7.88. The van der Waals surface area contributed by atoms with E-state index in [1.54, 1.807) is 42.5 Å². The van der Waals surface area contributed by atoms with Crippen LogP contribution in [0.2, 0.25) is 0 Å². The van der Waals surface area contributed by atoms with Crippen molar-refractivity contribution in [3.05, 3.63) is 142 Å². The summed E-state index contributed by atoms with van der Waals surface area (Å²) in [7, 11) is -4.08. The first-order valence-corrected chi connectivity index (χ1v) is 22.6. The van der Waals surface area contributed by atoms with Crippen molar-refractivity contribution in [2.75, 3.05) is 6.61 Å². The number of amides is 3. The van der Waals surface area contributed by atoms with Crippen molar-refractivity contribution in [1.82, 2.24) is 20.7 Å². The van der Waals surface area contributed by atoms with E-state index in [2.05, 4.69) is 34.5 Å².